The van der Waals surface area contributed by atoms with Crippen LogP contribution in [-0.2, 0) is 0 Å². The highest BCUT2D eigenvalue weighted by Gasteiger charge is 2.06. The smallest absolute Gasteiger partial charge is 0.182 e. The summed E-state index contributed by atoms with van der Waals surface area (Å²) >= 11 is 0. The van der Waals surface area contributed by atoms with E-state index in [1.165, 1.54) is 0 Å². The minimum Gasteiger partial charge on any atom is -0.435 e. The van der Waals surface area contributed by atoms with E-state index in [0.717, 1.165) is 6.04 Å². The van der Waals surface area contributed by atoms with Gasteiger partial charge in [-0.3, -0.25) is 0 Å². The van der Waals surface area contributed by atoms with Gasteiger partial charge in [0.15, 0.2) is 8.56 Å². The maximum absolute atomic E-state index is 9.09. The van der Waals surface area contributed by atoms with Crippen LogP contribution < -0.4 is 0 Å². The summed E-state index contributed by atoms with van der Waals surface area (Å²) in [6.45, 7) is 4.26. The van der Waals surface area contributed by atoms with E-state index in [2.05, 4.69) is 23.6 Å². The molecule has 0 unspecified atom stereocenters. The van der Waals surface area contributed by atoms with Crippen molar-refractivity contribution < 1.29 is 4.80 Å². The molecule has 0 spiro atoms. The summed E-state index contributed by atoms with van der Waals surface area (Å²) in [7, 11) is 2.91. The summed E-state index contributed by atoms with van der Waals surface area (Å²) < 4.78 is 0. The van der Waals surface area contributed by atoms with Crippen LogP contribution in [0.4, 0.5) is 0 Å². The highest BCUT2D eigenvalue weighted by Crippen LogP contribution is 2.00. The minimum atomic E-state index is -0.987. The van der Waals surface area contributed by atoms with Crippen molar-refractivity contribution in [3.63, 3.8) is 0 Å². The summed E-state index contributed by atoms with van der Waals surface area (Å²) in [6, 6.07) is 1.01. The molecule has 0 heterocycles. The molecule has 0 aliphatic carbocycles. The maximum atomic E-state index is 9.09. The molecule has 1 nitrogen and oxygen atoms in total. The van der Waals surface area contributed by atoms with Crippen LogP contribution in [-0.4, -0.2) is 31.7 Å². The third-order valence-electron chi connectivity index (χ3n) is 0.746. The number of hydrogen-bond acceptors (Lipinski definition) is 1. The average molecular weight is 158 g/mol. The molecular formula is C4H10OSi3. The van der Waals surface area contributed by atoms with Gasteiger partial charge in [-0.05, 0) is 12.0 Å². The van der Waals surface area contributed by atoms with Crippen molar-refractivity contribution in [3.8, 4) is 0 Å². The van der Waals surface area contributed by atoms with Crippen molar-refractivity contribution in [1.29, 1.82) is 0 Å². The van der Waals surface area contributed by atoms with Crippen molar-refractivity contribution in [1.82, 2.24) is 0 Å². The van der Waals surface area contributed by atoms with E-state index in [4.69, 9.17) is 4.80 Å². The van der Waals surface area contributed by atoms with Gasteiger partial charge in [0.2, 0.25) is 0 Å². The fourth-order valence-electron chi connectivity index (χ4n) is 0.438. The Balaban J connectivity index is 3.10. The second-order valence-corrected chi connectivity index (χ2v) is 8.45. The highest BCUT2D eigenvalue weighted by molar-refractivity contribution is 7.28. The van der Waals surface area contributed by atoms with E-state index in [9.17, 15) is 0 Å². The Morgan fingerprint density at radius 2 is 2.25 bits per heavy atom. The first-order valence-electron chi connectivity index (χ1n) is 2.64. The third-order valence-corrected chi connectivity index (χ3v) is 6.31. The monoisotopic (exact) mass is 158 g/mol. The van der Waals surface area contributed by atoms with Gasteiger partial charge in [-0.2, -0.15) is 0 Å². The van der Waals surface area contributed by atoms with Crippen molar-refractivity contribution in [2.24, 2.45) is 5.92 Å². The van der Waals surface area contributed by atoms with Crippen LogP contribution in [0.15, 0.2) is 0 Å². The van der Waals surface area contributed by atoms with Crippen LogP contribution in [0.5, 0.6) is 0 Å². The first kappa shape index (κ1) is 8.61. The Morgan fingerprint density at radius 1 is 1.75 bits per heavy atom. The Kier molecular flexibility index (Phi) is 4.83. The second kappa shape index (κ2) is 4.49. The first-order valence-corrected chi connectivity index (χ1v) is 7.79. The number of rotatable bonds is 3. The molecule has 0 saturated heterocycles. The lowest BCUT2D eigenvalue weighted by Gasteiger charge is -2.05. The van der Waals surface area contributed by atoms with E-state index in [1.54, 1.807) is 0 Å². The predicted octanol–water partition coefficient (Wildman–Crippen LogP) is -0.0894. The molecule has 4 heteroatoms. The molecular weight excluding hydrogens is 148 g/mol. The van der Waals surface area contributed by atoms with Crippen molar-refractivity contribution in [2.45, 2.75) is 19.9 Å². The van der Waals surface area contributed by atoms with Gasteiger partial charge in [0.05, 0.1) is 0 Å². The molecule has 0 aliphatic heterocycles. The molecule has 0 aromatic rings. The fourth-order valence-corrected chi connectivity index (χ4v) is 3.76. The number of hydrogen-bond donors (Lipinski definition) is 1. The van der Waals surface area contributed by atoms with Crippen molar-refractivity contribution in [3.05, 3.63) is 0 Å². The minimum absolute atomic E-state index is 0.587. The zero-order valence-corrected chi connectivity index (χ0v) is 8.23. The summed E-state index contributed by atoms with van der Waals surface area (Å²) in [4.78, 5) is 9.09. The molecule has 0 atom stereocenters. The van der Waals surface area contributed by atoms with Gasteiger partial charge in [-0.25, -0.2) is 0 Å². The van der Waals surface area contributed by atoms with Gasteiger partial charge in [-0.1, -0.05) is 13.8 Å². The zero-order chi connectivity index (χ0) is 6.57. The lowest BCUT2D eigenvalue weighted by atomic mass is 10.3. The lowest BCUT2D eigenvalue weighted by Crippen LogP contribution is -2.23. The molecule has 0 amide bonds. The average Bonchev–Trinajstić information content (AvgIpc) is 1.65. The molecule has 44 valence electrons. The molecule has 0 saturated carbocycles. The summed E-state index contributed by atoms with van der Waals surface area (Å²) in [5.41, 5.74) is 0. The van der Waals surface area contributed by atoms with Crippen molar-refractivity contribution in [2.75, 3.05) is 0 Å². The Morgan fingerprint density at radius 3 is 2.38 bits per heavy atom. The van der Waals surface area contributed by atoms with E-state index >= 15 is 0 Å². The van der Waals surface area contributed by atoms with E-state index < -0.39 is 8.56 Å². The summed E-state index contributed by atoms with van der Waals surface area (Å²) in [5, 5.41) is 0. The Bertz CT molecular complexity index is 57.2. The quantitative estimate of drug-likeness (QED) is 0.569. The van der Waals surface area contributed by atoms with Gasteiger partial charge in [-0.15, -0.1) is 0 Å². The zero-order valence-electron chi connectivity index (χ0n) is 5.23. The normalized spacial score (nSPS) is 11.2. The molecule has 0 aromatic heterocycles. The summed E-state index contributed by atoms with van der Waals surface area (Å²) in [5.74, 6) is 0.651. The van der Waals surface area contributed by atoms with Crippen LogP contribution in [0.2, 0.25) is 6.04 Å². The Labute approximate surface area is 58.1 Å². The van der Waals surface area contributed by atoms with E-state index in [0.29, 0.717) is 14.5 Å². The van der Waals surface area contributed by atoms with Crippen LogP contribution in [0.3, 0.4) is 0 Å². The topological polar surface area (TPSA) is 20.2 Å². The van der Waals surface area contributed by atoms with Gasteiger partial charge < -0.3 is 4.80 Å². The van der Waals surface area contributed by atoms with E-state index in [1.807, 2.05) is 0 Å². The molecule has 0 bridgehead atoms. The van der Waals surface area contributed by atoms with Gasteiger partial charge in [0.1, 0.15) is 0 Å². The van der Waals surface area contributed by atoms with Crippen LogP contribution in [0.1, 0.15) is 13.8 Å². The molecule has 0 rings (SSSR count). The van der Waals surface area contributed by atoms with E-state index in [-0.39, 0.29) is 0 Å². The Hall–Kier alpha value is 0.611. The van der Waals surface area contributed by atoms with Gasteiger partial charge in [0, 0.05) is 18.3 Å². The third kappa shape index (κ3) is 4.76. The predicted molar refractivity (Wildman–Crippen MR) is 39.1 cm³/mol. The highest BCUT2D eigenvalue weighted by atomic mass is 29.5. The molecule has 0 fully saturated rings. The molecule has 0 aliphatic rings. The van der Waals surface area contributed by atoms with Crippen LogP contribution >= 0.6 is 0 Å². The van der Waals surface area contributed by atoms with Crippen LogP contribution in [0, 0.1) is 5.92 Å². The maximum Gasteiger partial charge on any atom is 0.182 e. The van der Waals surface area contributed by atoms with Gasteiger partial charge in [0.25, 0.3) is 0 Å². The SMILES string of the molecule is CC(C)C[Si](O)[Si][Si]. The largest absolute Gasteiger partial charge is 0.435 e. The lowest BCUT2D eigenvalue weighted by molar-refractivity contribution is 0.568. The molecule has 0 aromatic carbocycles. The van der Waals surface area contributed by atoms with Gasteiger partial charge >= 0.3 is 0 Å². The molecule has 8 heavy (non-hydrogen) atoms. The second-order valence-electron chi connectivity index (χ2n) is 2.17. The summed E-state index contributed by atoms with van der Waals surface area (Å²) in [6.07, 6.45) is 0. The first-order chi connectivity index (χ1) is 3.66. The van der Waals surface area contributed by atoms with Crippen molar-refractivity contribution >= 4 is 26.9 Å². The standard InChI is InChI=1S/C4H10OSi3/c1-4(2)3-8(5)7-6/h4-5H,3H2,1-2H3. The van der Waals surface area contributed by atoms with Crippen LogP contribution in [0.25, 0.3) is 0 Å². The molecule has 6 radical (unpaired) electrons. The fraction of sp³-hybridized carbons (Fsp3) is 1.00. The molecule has 1 N–H and O–H groups in total.